The minimum atomic E-state index is 0.471. The van der Waals surface area contributed by atoms with Gasteiger partial charge in [0.1, 0.15) is 10.8 Å². The molecule has 1 fully saturated rings. The third kappa shape index (κ3) is 2.08. The summed E-state index contributed by atoms with van der Waals surface area (Å²) in [6.45, 7) is 6.06. The highest BCUT2D eigenvalue weighted by Gasteiger charge is 2.29. The molecule has 96 valence electrons. The first kappa shape index (κ1) is 11.9. The molecule has 0 bridgehead atoms. The summed E-state index contributed by atoms with van der Waals surface area (Å²) in [5.74, 6) is 0.942. The molecule has 2 aromatic heterocycles. The minimum absolute atomic E-state index is 0.471. The van der Waals surface area contributed by atoms with Crippen LogP contribution in [-0.4, -0.2) is 21.6 Å². The Hall–Kier alpha value is -1.20. The molecule has 2 aromatic rings. The molecule has 0 saturated carbocycles. The quantitative estimate of drug-likeness (QED) is 0.853. The molecule has 0 amide bonds. The van der Waals surface area contributed by atoms with Crippen LogP contribution in [0.3, 0.4) is 0 Å². The van der Waals surface area contributed by atoms with Crippen LogP contribution in [0, 0.1) is 13.8 Å². The van der Waals surface area contributed by atoms with Crippen molar-refractivity contribution in [3.8, 4) is 0 Å². The summed E-state index contributed by atoms with van der Waals surface area (Å²) in [4.78, 5) is 6.95. The Labute approximate surface area is 111 Å². The number of thiazole rings is 1. The molecule has 0 unspecified atom stereocenters. The van der Waals surface area contributed by atoms with Crippen LogP contribution in [0.1, 0.15) is 40.9 Å². The van der Waals surface area contributed by atoms with Gasteiger partial charge in [-0.25, -0.2) is 4.98 Å². The molecule has 3 rings (SSSR count). The largest absolute Gasteiger partial charge is 0.361 e. The summed E-state index contributed by atoms with van der Waals surface area (Å²) in [5, 5.41) is 7.32. The number of aryl methyl sites for hydroxylation is 2. The van der Waals surface area contributed by atoms with Gasteiger partial charge in [0.15, 0.2) is 0 Å². The van der Waals surface area contributed by atoms with Crippen molar-refractivity contribution >= 4 is 11.3 Å². The van der Waals surface area contributed by atoms with Gasteiger partial charge in [0.05, 0.1) is 11.7 Å². The second kappa shape index (κ2) is 4.82. The van der Waals surface area contributed by atoms with Crippen LogP contribution in [0.25, 0.3) is 0 Å². The molecule has 1 aliphatic heterocycles. The van der Waals surface area contributed by atoms with E-state index in [-0.39, 0.29) is 0 Å². The number of likely N-dealkylation sites (tertiary alicyclic amines) is 1. The molecular weight excluding hydrogens is 246 g/mol. The Morgan fingerprint density at radius 3 is 3.06 bits per heavy atom. The smallest absolute Gasteiger partial charge is 0.138 e. The van der Waals surface area contributed by atoms with Crippen molar-refractivity contribution in [3.05, 3.63) is 33.6 Å². The first-order valence-corrected chi connectivity index (χ1v) is 7.19. The van der Waals surface area contributed by atoms with Crippen molar-refractivity contribution in [2.75, 3.05) is 6.54 Å². The predicted octanol–water partition coefficient (Wildman–Crippen LogP) is 3.09. The van der Waals surface area contributed by atoms with Gasteiger partial charge in [0, 0.05) is 23.7 Å². The molecule has 1 atom stereocenters. The van der Waals surface area contributed by atoms with Crippen molar-refractivity contribution < 1.29 is 4.52 Å². The fraction of sp³-hybridized carbons (Fsp3) is 0.538. The van der Waals surface area contributed by atoms with Crippen molar-refractivity contribution in [2.24, 2.45) is 0 Å². The van der Waals surface area contributed by atoms with Gasteiger partial charge in [-0.15, -0.1) is 11.3 Å². The predicted molar refractivity (Wildman–Crippen MR) is 70.5 cm³/mol. The van der Waals surface area contributed by atoms with E-state index < -0.39 is 0 Å². The van der Waals surface area contributed by atoms with E-state index >= 15 is 0 Å². The fourth-order valence-corrected chi connectivity index (χ4v) is 3.43. The average molecular weight is 263 g/mol. The normalized spacial score (nSPS) is 20.7. The van der Waals surface area contributed by atoms with Crippen LogP contribution >= 0.6 is 11.3 Å². The second-order valence-corrected chi connectivity index (χ2v) is 5.73. The Balaban J connectivity index is 1.80. The lowest BCUT2D eigenvalue weighted by Gasteiger charge is -2.22. The van der Waals surface area contributed by atoms with Crippen molar-refractivity contribution in [3.63, 3.8) is 0 Å². The molecular formula is C13H17N3OS. The minimum Gasteiger partial charge on any atom is -0.361 e. The Kier molecular flexibility index (Phi) is 3.18. The van der Waals surface area contributed by atoms with Crippen LogP contribution in [0.4, 0.5) is 0 Å². The molecule has 0 spiro atoms. The van der Waals surface area contributed by atoms with Gasteiger partial charge < -0.3 is 4.52 Å². The first-order valence-electron chi connectivity index (χ1n) is 6.31. The van der Waals surface area contributed by atoms with Crippen LogP contribution < -0.4 is 0 Å². The maximum atomic E-state index is 5.24. The van der Waals surface area contributed by atoms with Gasteiger partial charge in [0.2, 0.25) is 0 Å². The van der Waals surface area contributed by atoms with Crippen LogP contribution in [0.15, 0.2) is 16.1 Å². The lowest BCUT2D eigenvalue weighted by Crippen LogP contribution is -2.23. The molecule has 3 heterocycles. The van der Waals surface area contributed by atoms with Gasteiger partial charge in [-0.05, 0) is 33.2 Å². The van der Waals surface area contributed by atoms with E-state index in [4.69, 9.17) is 4.52 Å². The van der Waals surface area contributed by atoms with E-state index in [0.29, 0.717) is 6.04 Å². The first-order chi connectivity index (χ1) is 8.75. The fourth-order valence-electron chi connectivity index (χ4n) is 2.62. The number of nitrogens with zero attached hydrogens (tertiary/aromatic N) is 3. The van der Waals surface area contributed by atoms with Gasteiger partial charge in [0.25, 0.3) is 0 Å². The van der Waals surface area contributed by atoms with Crippen molar-refractivity contribution in [1.82, 2.24) is 15.0 Å². The van der Waals surface area contributed by atoms with Crippen molar-refractivity contribution in [1.29, 1.82) is 0 Å². The highest BCUT2D eigenvalue weighted by atomic mass is 32.1. The third-order valence-corrected chi connectivity index (χ3v) is 4.52. The Morgan fingerprint density at radius 1 is 1.50 bits per heavy atom. The SMILES string of the molecule is Cc1noc(C)c1CN1CCC[C@H]1c1nccs1. The third-order valence-electron chi connectivity index (χ3n) is 3.64. The number of rotatable bonds is 3. The average Bonchev–Trinajstić information content (AvgIpc) is 3.06. The number of hydrogen-bond acceptors (Lipinski definition) is 5. The molecule has 0 aromatic carbocycles. The molecule has 1 aliphatic rings. The number of hydrogen-bond donors (Lipinski definition) is 0. The summed E-state index contributed by atoms with van der Waals surface area (Å²) in [7, 11) is 0. The molecule has 0 N–H and O–H groups in total. The molecule has 4 nitrogen and oxygen atoms in total. The van der Waals surface area contributed by atoms with Gasteiger partial charge in [-0.2, -0.15) is 0 Å². The maximum Gasteiger partial charge on any atom is 0.138 e. The lowest BCUT2D eigenvalue weighted by molar-refractivity contribution is 0.246. The van der Waals surface area contributed by atoms with Crippen molar-refractivity contribution in [2.45, 2.75) is 39.3 Å². The zero-order valence-corrected chi connectivity index (χ0v) is 11.5. The van der Waals surface area contributed by atoms with Crippen LogP contribution in [0.5, 0.6) is 0 Å². The Morgan fingerprint density at radius 2 is 2.39 bits per heavy atom. The van der Waals surface area contributed by atoms with E-state index in [2.05, 4.69) is 20.4 Å². The van der Waals surface area contributed by atoms with E-state index in [0.717, 1.165) is 24.5 Å². The highest BCUT2D eigenvalue weighted by molar-refractivity contribution is 7.09. The zero-order valence-electron chi connectivity index (χ0n) is 10.7. The molecule has 0 radical (unpaired) electrons. The molecule has 18 heavy (non-hydrogen) atoms. The topological polar surface area (TPSA) is 42.2 Å². The van der Waals surface area contributed by atoms with E-state index in [9.17, 15) is 0 Å². The highest BCUT2D eigenvalue weighted by Crippen LogP contribution is 2.34. The monoisotopic (exact) mass is 263 g/mol. The van der Waals surface area contributed by atoms with Gasteiger partial charge in [-0.3, -0.25) is 4.90 Å². The second-order valence-electron chi connectivity index (χ2n) is 4.80. The van der Waals surface area contributed by atoms with Gasteiger partial charge >= 0.3 is 0 Å². The summed E-state index contributed by atoms with van der Waals surface area (Å²) >= 11 is 1.75. The summed E-state index contributed by atoms with van der Waals surface area (Å²) in [6.07, 6.45) is 4.34. The molecule has 0 aliphatic carbocycles. The number of aromatic nitrogens is 2. The Bertz CT molecular complexity index is 501. The van der Waals surface area contributed by atoms with E-state index in [1.807, 2.05) is 20.0 Å². The molecule has 1 saturated heterocycles. The summed E-state index contributed by atoms with van der Waals surface area (Å²) in [6, 6.07) is 0.471. The standard InChI is InChI=1S/C13H17N3OS/c1-9-11(10(2)17-15-9)8-16-6-3-4-12(16)13-14-5-7-18-13/h5,7,12H,3-4,6,8H2,1-2H3/t12-/m0/s1. The van der Waals surface area contributed by atoms with E-state index in [1.54, 1.807) is 11.3 Å². The zero-order chi connectivity index (χ0) is 12.5. The maximum absolute atomic E-state index is 5.24. The van der Waals surface area contributed by atoms with Crippen LogP contribution in [-0.2, 0) is 6.54 Å². The summed E-state index contributed by atoms with van der Waals surface area (Å²) in [5.41, 5.74) is 2.25. The molecule has 5 heteroatoms. The van der Waals surface area contributed by atoms with E-state index in [1.165, 1.54) is 23.4 Å². The van der Waals surface area contributed by atoms with Gasteiger partial charge in [-0.1, -0.05) is 5.16 Å². The van der Waals surface area contributed by atoms with Crippen LogP contribution in [0.2, 0.25) is 0 Å². The summed E-state index contributed by atoms with van der Waals surface area (Å²) < 4.78 is 5.24. The lowest BCUT2D eigenvalue weighted by atomic mass is 10.1.